The summed E-state index contributed by atoms with van der Waals surface area (Å²) in [5.41, 5.74) is 3.82. The molecule has 25 heavy (non-hydrogen) atoms. The predicted octanol–water partition coefficient (Wildman–Crippen LogP) is 2.50. The first-order valence-corrected chi connectivity index (χ1v) is 8.92. The molecule has 1 heterocycles. The third kappa shape index (κ3) is 3.93. The molecule has 1 aliphatic rings. The number of amides is 2. The number of aliphatic hydroxyl groups excluding tert-OH is 1. The number of hydrogen-bond donors (Lipinski definition) is 1. The highest BCUT2D eigenvalue weighted by molar-refractivity contribution is 6.35. The Kier molecular flexibility index (Phi) is 6.37. The Labute approximate surface area is 149 Å². The van der Waals surface area contributed by atoms with Crippen molar-refractivity contribution in [3.05, 3.63) is 40.6 Å². The van der Waals surface area contributed by atoms with Gasteiger partial charge in [0.15, 0.2) is 0 Å². The molecule has 5 nitrogen and oxygen atoms in total. The number of aliphatic hydroxyl groups is 1. The zero-order valence-electron chi connectivity index (χ0n) is 15.6. The largest absolute Gasteiger partial charge is 0.395 e. The minimum absolute atomic E-state index is 0.0719. The summed E-state index contributed by atoms with van der Waals surface area (Å²) < 4.78 is 0. The van der Waals surface area contributed by atoms with Gasteiger partial charge in [0.2, 0.25) is 0 Å². The van der Waals surface area contributed by atoms with Gasteiger partial charge in [-0.05, 0) is 37.0 Å². The number of unbranched alkanes of at least 4 members (excludes halogenated alkanes) is 2. The highest BCUT2D eigenvalue weighted by Crippen LogP contribution is 2.32. The van der Waals surface area contributed by atoms with Crippen molar-refractivity contribution in [1.29, 1.82) is 0 Å². The number of benzene rings is 1. The number of rotatable bonds is 8. The van der Waals surface area contributed by atoms with Crippen LogP contribution in [0.15, 0.2) is 23.9 Å². The van der Waals surface area contributed by atoms with Crippen LogP contribution in [0.1, 0.15) is 42.9 Å². The van der Waals surface area contributed by atoms with Gasteiger partial charge in [-0.3, -0.25) is 14.5 Å². The van der Waals surface area contributed by atoms with E-state index in [1.54, 1.807) is 11.9 Å². The molecule has 1 N–H and O–H groups in total. The molecule has 0 atom stereocenters. The summed E-state index contributed by atoms with van der Waals surface area (Å²) in [7, 11) is 1.74. The smallest absolute Gasteiger partial charge is 0.277 e. The van der Waals surface area contributed by atoms with Crippen molar-refractivity contribution in [2.45, 2.75) is 40.0 Å². The molecule has 0 radical (unpaired) electrons. The van der Waals surface area contributed by atoms with Crippen LogP contribution in [0.3, 0.4) is 0 Å². The van der Waals surface area contributed by atoms with Crippen LogP contribution in [0.25, 0.3) is 5.57 Å². The van der Waals surface area contributed by atoms with Gasteiger partial charge in [-0.15, -0.1) is 0 Å². The summed E-state index contributed by atoms with van der Waals surface area (Å²) in [5.74, 6) is -0.491. The summed E-state index contributed by atoms with van der Waals surface area (Å²) in [6, 6.07) is 5.82. The summed E-state index contributed by atoms with van der Waals surface area (Å²) in [6.07, 6.45) is 2.83. The second-order valence-corrected chi connectivity index (χ2v) is 6.64. The topological polar surface area (TPSA) is 60.9 Å². The minimum atomic E-state index is -0.259. The third-order valence-corrected chi connectivity index (χ3v) is 4.74. The SMILES string of the molecule is CCCCCN1C(=O)C(c2ccc(C)c(C)c2)=C(N(C)CCO)C1=O. The van der Waals surface area contributed by atoms with E-state index in [1.165, 1.54) is 4.90 Å². The summed E-state index contributed by atoms with van der Waals surface area (Å²) >= 11 is 0. The number of nitrogens with zero attached hydrogens (tertiary/aromatic N) is 2. The molecule has 0 fully saturated rings. The molecule has 2 rings (SSSR count). The summed E-state index contributed by atoms with van der Waals surface area (Å²) in [6.45, 7) is 6.79. The van der Waals surface area contributed by atoms with Gasteiger partial charge >= 0.3 is 0 Å². The van der Waals surface area contributed by atoms with Crippen molar-refractivity contribution in [2.24, 2.45) is 0 Å². The van der Waals surface area contributed by atoms with Gasteiger partial charge < -0.3 is 10.0 Å². The van der Waals surface area contributed by atoms with E-state index < -0.39 is 0 Å². The molecule has 0 saturated heterocycles. The molecule has 1 aliphatic heterocycles. The average molecular weight is 344 g/mol. The Morgan fingerprint density at radius 3 is 2.40 bits per heavy atom. The van der Waals surface area contributed by atoms with E-state index in [1.807, 2.05) is 32.0 Å². The fourth-order valence-corrected chi connectivity index (χ4v) is 3.06. The van der Waals surface area contributed by atoms with Crippen molar-refractivity contribution < 1.29 is 14.7 Å². The first-order valence-electron chi connectivity index (χ1n) is 8.92. The highest BCUT2D eigenvalue weighted by Gasteiger charge is 2.40. The van der Waals surface area contributed by atoms with E-state index in [9.17, 15) is 14.7 Å². The van der Waals surface area contributed by atoms with Gasteiger partial charge in [0.1, 0.15) is 5.70 Å². The van der Waals surface area contributed by atoms with Crippen molar-refractivity contribution in [2.75, 3.05) is 26.7 Å². The molecule has 1 aromatic carbocycles. The fraction of sp³-hybridized carbons (Fsp3) is 0.500. The monoisotopic (exact) mass is 344 g/mol. The number of likely N-dealkylation sites (N-methyl/N-ethyl adjacent to an activating group) is 1. The molecule has 136 valence electrons. The van der Waals surface area contributed by atoms with Gasteiger partial charge in [-0.1, -0.05) is 38.0 Å². The molecule has 0 aromatic heterocycles. The average Bonchev–Trinajstić information content (AvgIpc) is 2.82. The van der Waals surface area contributed by atoms with Crippen LogP contribution in [0.2, 0.25) is 0 Å². The van der Waals surface area contributed by atoms with Crippen molar-refractivity contribution >= 4 is 17.4 Å². The lowest BCUT2D eigenvalue weighted by atomic mass is 9.99. The lowest BCUT2D eigenvalue weighted by Gasteiger charge is -2.20. The van der Waals surface area contributed by atoms with Crippen LogP contribution in [-0.4, -0.2) is 53.5 Å². The molecular weight excluding hydrogens is 316 g/mol. The van der Waals surface area contributed by atoms with Gasteiger partial charge in [0.05, 0.1) is 12.2 Å². The van der Waals surface area contributed by atoms with Crippen LogP contribution in [0.5, 0.6) is 0 Å². The predicted molar refractivity (Wildman–Crippen MR) is 98.8 cm³/mol. The molecule has 5 heteroatoms. The van der Waals surface area contributed by atoms with E-state index in [0.29, 0.717) is 24.4 Å². The van der Waals surface area contributed by atoms with Crippen molar-refractivity contribution in [3.63, 3.8) is 0 Å². The summed E-state index contributed by atoms with van der Waals surface area (Å²) in [4.78, 5) is 28.9. The molecule has 0 bridgehead atoms. The minimum Gasteiger partial charge on any atom is -0.395 e. The molecule has 0 spiro atoms. The van der Waals surface area contributed by atoms with E-state index in [0.717, 1.165) is 36.0 Å². The maximum Gasteiger partial charge on any atom is 0.277 e. The molecule has 0 aliphatic carbocycles. The van der Waals surface area contributed by atoms with Crippen molar-refractivity contribution in [1.82, 2.24) is 9.80 Å². The van der Waals surface area contributed by atoms with Gasteiger partial charge in [0, 0.05) is 20.1 Å². The number of imide groups is 1. The Hall–Kier alpha value is -2.14. The van der Waals surface area contributed by atoms with Crippen LogP contribution in [-0.2, 0) is 9.59 Å². The molecule has 0 saturated carbocycles. The lowest BCUT2D eigenvalue weighted by molar-refractivity contribution is -0.137. The second-order valence-electron chi connectivity index (χ2n) is 6.64. The number of aryl methyl sites for hydroxylation is 2. The van der Waals surface area contributed by atoms with E-state index in [4.69, 9.17) is 0 Å². The number of carbonyl (C=O) groups is 2. The third-order valence-electron chi connectivity index (χ3n) is 4.74. The molecule has 2 amide bonds. The zero-order valence-corrected chi connectivity index (χ0v) is 15.6. The van der Waals surface area contributed by atoms with E-state index >= 15 is 0 Å². The first kappa shape index (κ1) is 19.2. The van der Waals surface area contributed by atoms with Crippen LogP contribution >= 0.6 is 0 Å². The van der Waals surface area contributed by atoms with Crippen LogP contribution in [0.4, 0.5) is 0 Å². The maximum atomic E-state index is 13.0. The Morgan fingerprint density at radius 1 is 1.08 bits per heavy atom. The standard InChI is InChI=1S/C20H28N2O3/c1-5-6-7-10-22-19(24)17(16-9-8-14(2)15(3)13-16)18(20(22)25)21(4)11-12-23/h8-9,13,23H,5-7,10-12H2,1-4H3. The Bertz CT molecular complexity index is 694. The first-order chi connectivity index (χ1) is 11.9. The second kappa shape index (κ2) is 8.30. The normalized spacial score (nSPS) is 14.7. The van der Waals surface area contributed by atoms with Crippen LogP contribution < -0.4 is 0 Å². The Balaban J connectivity index is 2.45. The molecular formula is C20H28N2O3. The lowest BCUT2D eigenvalue weighted by Crippen LogP contribution is -2.35. The fourth-order valence-electron chi connectivity index (χ4n) is 3.06. The van der Waals surface area contributed by atoms with Gasteiger partial charge in [0.25, 0.3) is 11.8 Å². The Morgan fingerprint density at radius 2 is 1.80 bits per heavy atom. The van der Waals surface area contributed by atoms with E-state index in [2.05, 4.69) is 6.92 Å². The highest BCUT2D eigenvalue weighted by atomic mass is 16.3. The van der Waals surface area contributed by atoms with Crippen LogP contribution in [0, 0.1) is 13.8 Å². The van der Waals surface area contributed by atoms with Gasteiger partial charge in [-0.25, -0.2) is 0 Å². The number of hydrogen-bond acceptors (Lipinski definition) is 4. The summed E-state index contributed by atoms with van der Waals surface area (Å²) in [5, 5.41) is 9.25. The molecule has 0 unspecified atom stereocenters. The van der Waals surface area contributed by atoms with Gasteiger partial charge in [-0.2, -0.15) is 0 Å². The molecule has 1 aromatic rings. The van der Waals surface area contributed by atoms with E-state index in [-0.39, 0.29) is 18.4 Å². The maximum absolute atomic E-state index is 13.0. The quantitative estimate of drug-likeness (QED) is 0.581. The van der Waals surface area contributed by atoms with Crippen molar-refractivity contribution in [3.8, 4) is 0 Å². The number of carbonyl (C=O) groups excluding carboxylic acids is 2. The zero-order chi connectivity index (χ0) is 18.6.